The van der Waals surface area contributed by atoms with Gasteiger partial charge in [-0.2, -0.15) is 21.4 Å². The first-order chi connectivity index (χ1) is 18.3. The minimum Gasteiger partial charge on any atom is -0.335 e. The molecule has 2 heterocycles. The molecular formula is C25H27F2N2O6S4+. The van der Waals surface area contributed by atoms with Gasteiger partial charge in [0.1, 0.15) is 16.3 Å². The first-order valence-corrected chi connectivity index (χ1v) is 16.9. The van der Waals surface area contributed by atoms with Crippen LogP contribution in [0.5, 0.6) is 0 Å². The smallest absolute Gasteiger partial charge is 0.265 e. The number of hydrogen-bond acceptors (Lipinski definition) is 7. The van der Waals surface area contributed by atoms with Crippen molar-refractivity contribution in [2.24, 2.45) is 0 Å². The molecule has 8 nitrogen and oxygen atoms in total. The molecule has 0 saturated heterocycles. The number of thioether (sulfide) groups is 1. The Hall–Kier alpha value is -2.36. The molecule has 210 valence electrons. The first kappa shape index (κ1) is 29.6. The summed E-state index contributed by atoms with van der Waals surface area (Å²) in [6.07, 6.45) is 4.70. The zero-order chi connectivity index (χ0) is 28.4. The van der Waals surface area contributed by atoms with E-state index >= 15 is 0 Å². The summed E-state index contributed by atoms with van der Waals surface area (Å²) in [5.41, 5.74) is 2.09. The molecule has 0 radical (unpaired) electrons. The number of fused-ring (bicyclic) bond motifs is 2. The molecule has 0 unspecified atom stereocenters. The van der Waals surface area contributed by atoms with E-state index in [2.05, 4.69) is 0 Å². The molecule has 0 spiro atoms. The molecule has 0 fully saturated rings. The van der Waals surface area contributed by atoms with E-state index in [9.17, 15) is 25.6 Å². The second-order valence-electron chi connectivity index (χ2n) is 8.90. The van der Waals surface area contributed by atoms with Gasteiger partial charge in [0.2, 0.25) is 5.52 Å². The Balaban J connectivity index is 1.71. The molecule has 3 aromatic rings. The van der Waals surface area contributed by atoms with Crippen LogP contribution in [0.15, 0.2) is 58.0 Å². The maximum absolute atomic E-state index is 14.1. The van der Waals surface area contributed by atoms with Crippen molar-refractivity contribution in [2.45, 2.75) is 37.6 Å². The van der Waals surface area contributed by atoms with Gasteiger partial charge in [-0.05, 0) is 54.8 Å². The molecule has 0 atom stereocenters. The number of aryl methyl sites for hydroxylation is 1. The van der Waals surface area contributed by atoms with E-state index in [0.717, 1.165) is 25.2 Å². The van der Waals surface area contributed by atoms with Crippen molar-refractivity contribution in [1.82, 2.24) is 0 Å². The average molecular weight is 618 g/mol. The van der Waals surface area contributed by atoms with Crippen molar-refractivity contribution in [3.63, 3.8) is 0 Å². The van der Waals surface area contributed by atoms with Crippen molar-refractivity contribution in [1.29, 1.82) is 0 Å². The van der Waals surface area contributed by atoms with Crippen LogP contribution >= 0.6 is 23.1 Å². The third-order valence-electron chi connectivity index (χ3n) is 5.98. The SMILES string of the molecule is CCC(=C/c1sc2ccc(F)cc2[n+]1CCCS(=O)(=O)O)/C=C1/Sc2ccc(F)cc2N1CCCS(=O)(=O)O. The minimum absolute atomic E-state index is 0.132. The number of rotatable bonds is 11. The van der Waals surface area contributed by atoms with Gasteiger partial charge in [-0.15, -0.1) is 0 Å². The summed E-state index contributed by atoms with van der Waals surface area (Å²) in [7, 11) is -8.29. The summed E-state index contributed by atoms with van der Waals surface area (Å²) in [6, 6.07) is 8.79. The van der Waals surface area contributed by atoms with Crippen molar-refractivity contribution in [3.05, 3.63) is 69.7 Å². The second kappa shape index (κ2) is 12.0. The standard InChI is InChI=1S/C25H26F2N2O6S4/c1-2-17(13-24-28(9-3-11-38(30,31)32)20-15-18(26)5-7-22(20)36-24)14-25-29(10-4-12-39(33,34)35)21-16-19(27)6-8-23(21)37-25/h5-8,13-16H,2-4,9-12H2,1H3,(H-,30,31,32,33,34,35)/p+1. The summed E-state index contributed by atoms with van der Waals surface area (Å²) in [5, 5.41) is 1.51. The van der Waals surface area contributed by atoms with Gasteiger partial charge in [-0.25, -0.2) is 8.78 Å². The Labute approximate surface area is 234 Å². The van der Waals surface area contributed by atoms with Crippen LogP contribution in [0.4, 0.5) is 14.5 Å². The highest BCUT2D eigenvalue weighted by atomic mass is 32.2. The molecule has 0 amide bonds. The molecule has 14 heteroatoms. The molecule has 1 aliphatic rings. The number of hydrogen-bond donors (Lipinski definition) is 2. The Kier molecular flexibility index (Phi) is 9.13. The van der Waals surface area contributed by atoms with Crippen LogP contribution in [0, 0.1) is 11.6 Å². The highest BCUT2D eigenvalue weighted by Crippen LogP contribution is 2.47. The molecule has 2 aromatic carbocycles. The Morgan fingerprint density at radius 2 is 1.67 bits per heavy atom. The maximum atomic E-state index is 14.1. The summed E-state index contributed by atoms with van der Waals surface area (Å²) in [4.78, 5) is 2.63. The molecule has 4 rings (SSSR count). The number of thiazole rings is 1. The fourth-order valence-corrected chi connectivity index (χ4v) is 7.48. The lowest BCUT2D eigenvalue weighted by molar-refractivity contribution is -0.668. The van der Waals surface area contributed by atoms with Gasteiger partial charge in [0.15, 0.2) is 6.54 Å². The Morgan fingerprint density at radius 3 is 2.36 bits per heavy atom. The van der Waals surface area contributed by atoms with Crippen LogP contribution in [-0.4, -0.2) is 44.0 Å². The summed E-state index contributed by atoms with van der Waals surface area (Å²) < 4.78 is 94.0. The number of aromatic nitrogens is 1. The van der Waals surface area contributed by atoms with Gasteiger partial charge < -0.3 is 4.90 Å². The van der Waals surface area contributed by atoms with Gasteiger partial charge in [-0.1, -0.05) is 30.0 Å². The van der Waals surface area contributed by atoms with E-state index in [1.807, 2.05) is 28.5 Å². The Morgan fingerprint density at radius 1 is 1.00 bits per heavy atom. The molecular weight excluding hydrogens is 591 g/mol. The fraction of sp³-hybridized carbons (Fsp3) is 0.320. The lowest BCUT2D eigenvalue weighted by atomic mass is 10.2. The van der Waals surface area contributed by atoms with Crippen LogP contribution in [0.25, 0.3) is 16.3 Å². The third kappa shape index (κ3) is 7.86. The van der Waals surface area contributed by atoms with Gasteiger partial charge >= 0.3 is 0 Å². The number of anilines is 1. The minimum atomic E-state index is -4.14. The third-order valence-corrected chi connectivity index (χ3v) is 9.81. The molecule has 2 N–H and O–H groups in total. The predicted octanol–water partition coefficient (Wildman–Crippen LogP) is 5.27. The summed E-state index contributed by atoms with van der Waals surface area (Å²) >= 11 is 2.83. The van der Waals surface area contributed by atoms with Gasteiger partial charge in [0.05, 0.1) is 22.2 Å². The van der Waals surface area contributed by atoms with Crippen molar-refractivity contribution >= 4 is 65.3 Å². The molecule has 0 saturated carbocycles. The van der Waals surface area contributed by atoms with E-state index in [4.69, 9.17) is 9.11 Å². The molecule has 0 bridgehead atoms. The van der Waals surface area contributed by atoms with Crippen molar-refractivity contribution < 1.29 is 39.3 Å². The van der Waals surface area contributed by atoms with Crippen LogP contribution in [0.1, 0.15) is 31.2 Å². The zero-order valence-corrected chi connectivity index (χ0v) is 24.1. The average Bonchev–Trinajstić information content (AvgIpc) is 3.34. The first-order valence-electron chi connectivity index (χ1n) is 12.0. The highest BCUT2D eigenvalue weighted by Gasteiger charge is 2.27. The van der Waals surface area contributed by atoms with Gasteiger partial charge in [0.25, 0.3) is 25.2 Å². The van der Waals surface area contributed by atoms with E-state index in [1.165, 1.54) is 47.4 Å². The molecule has 0 aliphatic carbocycles. The number of allylic oxidation sites excluding steroid dienone is 2. The van der Waals surface area contributed by atoms with Crippen LogP contribution in [0.3, 0.4) is 0 Å². The van der Waals surface area contributed by atoms with Crippen LogP contribution < -0.4 is 9.47 Å². The topological polar surface area (TPSA) is 116 Å². The van der Waals surface area contributed by atoms with Crippen molar-refractivity contribution in [3.8, 4) is 0 Å². The molecule has 1 aromatic heterocycles. The molecule has 39 heavy (non-hydrogen) atoms. The van der Waals surface area contributed by atoms with E-state index < -0.39 is 43.4 Å². The van der Waals surface area contributed by atoms with Crippen LogP contribution in [-0.2, 0) is 26.8 Å². The monoisotopic (exact) mass is 617 g/mol. The quantitative estimate of drug-likeness (QED) is 0.221. The zero-order valence-electron chi connectivity index (χ0n) is 20.9. The summed E-state index contributed by atoms with van der Waals surface area (Å²) in [5.74, 6) is -1.70. The number of nitrogens with zero attached hydrogens (tertiary/aromatic N) is 2. The lowest BCUT2D eigenvalue weighted by Gasteiger charge is -2.20. The van der Waals surface area contributed by atoms with E-state index in [0.29, 0.717) is 17.6 Å². The van der Waals surface area contributed by atoms with Gasteiger partial charge in [0, 0.05) is 30.0 Å². The maximum Gasteiger partial charge on any atom is 0.265 e. The highest BCUT2D eigenvalue weighted by molar-refractivity contribution is 8.03. The largest absolute Gasteiger partial charge is 0.335 e. The van der Waals surface area contributed by atoms with E-state index in [1.54, 1.807) is 12.1 Å². The summed E-state index contributed by atoms with van der Waals surface area (Å²) in [6.45, 7) is 2.43. The predicted molar refractivity (Wildman–Crippen MR) is 150 cm³/mol. The van der Waals surface area contributed by atoms with Gasteiger partial charge in [-0.3, -0.25) is 9.11 Å². The van der Waals surface area contributed by atoms with Crippen LogP contribution in [0.2, 0.25) is 0 Å². The number of benzene rings is 2. The second-order valence-corrected chi connectivity index (χ2v) is 14.2. The van der Waals surface area contributed by atoms with Crippen molar-refractivity contribution in [2.75, 3.05) is 23.0 Å². The Bertz CT molecular complexity index is 1670. The number of halogens is 2. The normalized spacial score (nSPS) is 15.5. The lowest BCUT2D eigenvalue weighted by Crippen LogP contribution is -2.36. The molecule has 1 aliphatic heterocycles. The van der Waals surface area contributed by atoms with E-state index in [-0.39, 0.29) is 25.9 Å². The fourth-order valence-electron chi connectivity index (χ4n) is 4.20.